The van der Waals surface area contributed by atoms with E-state index in [4.69, 9.17) is 4.74 Å². The van der Waals surface area contributed by atoms with Crippen molar-refractivity contribution >= 4 is 15.7 Å². The Bertz CT molecular complexity index is 1070. The van der Waals surface area contributed by atoms with E-state index in [-0.39, 0.29) is 34.7 Å². The first-order valence-corrected chi connectivity index (χ1v) is 12.0. The number of carbonyl (C=O) groups excluding carboxylic acids is 1. The lowest BCUT2D eigenvalue weighted by Crippen LogP contribution is -2.35. The topological polar surface area (TPSA) is 98.2 Å². The van der Waals surface area contributed by atoms with Gasteiger partial charge < -0.3 is 10.1 Å². The molecule has 2 aromatic rings. The van der Waals surface area contributed by atoms with Crippen LogP contribution in [0.3, 0.4) is 0 Å². The van der Waals surface area contributed by atoms with Gasteiger partial charge in [0.15, 0.2) is 9.84 Å². The largest absolute Gasteiger partial charge is 0.438 e. The number of hydrogen-bond acceptors (Lipinski definition) is 6. The van der Waals surface area contributed by atoms with Gasteiger partial charge in [0.25, 0.3) is 5.91 Å². The SMILES string of the molecule is CC1(c2ncc(C(=O)N[C@H](/C=C/S(C)(=O)=O)C3CC3)c(Oc3ccccc3)n2)CC1. The van der Waals surface area contributed by atoms with Crippen LogP contribution in [0.2, 0.25) is 0 Å². The van der Waals surface area contributed by atoms with Crippen LogP contribution in [0.1, 0.15) is 48.8 Å². The number of para-hydroxylation sites is 1. The molecule has 2 fully saturated rings. The predicted molar refractivity (Wildman–Crippen MR) is 113 cm³/mol. The molecule has 158 valence electrons. The van der Waals surface area contributed by atoms with E-state index >= 15 is 0 Å². The summed E-state index contributed by atoms with van der Waals surface area (Å²) in [5, 5.41) is 4.06. The van der Waals surface area contributed by atoms with Gasteiger partial charge in [0, 0.05) is 23.3 Å². The van der Waals surface area contributed by atoms with Gasteiger partial charge in [-0.3, -0.25) is 4.79 Å². The number of nitrogens with one attached hydrogen (secondary N) is 1. The van der Waals surface area contributed by atoms with Crippen molar-refractivity contribution in [1.29, 1.82) is 0 Å². The van der Waals surface area contributed by atoms with E-state index in [1.165, 1.54) is 6.20 Å². The molecule has 0 unspecified atom stereocenters. The predicted octanol–water partition coefficient (Wildman–Crippen LogP) is 3.39. The molecule has 2 aliphatic carbocycles. The minimum absolute atomic E-state index is 0.0709. The molecule has 1 aromatic carbocycles. The highest BCUT2D eigenvalue weighted by Gasteiger charge is 2.42. The number of ether oxygens (including phenoxy) is 1. The summed E-state index contributed by atoms with van der Waals surface area (Å²) < 4.78 is 28.9. The molecule has 8 heteroatoms. The van der Waals surface area contributed by atoms with E-state index in [0.717, 1.165) is 37.3 Å². The molecule has 0 radical (unpaired) electrons. The van der Waals surface area contributed by atoms with Gasteiger partial charge in [-0.15, -0.1) is 0 Å². The molecular weight excluding hydrogens is 402 g/mol. The third-order valence-electron chi connectivity index (χ3n) is 5.46. The van der Waals surface area contributed by atoms with Gasteiger partial charge in [-0.05, 0) is 43.7 Å². The van der Waals surface area contributed by atoms with Crippen LogP contribution in [-0.4, -0.2) is 36.6 Å². The smallest absolute Gasteiger partial charge is 0.258 e. The van der Waals surface area contributed by atoms with E-state index in [0.29, 0.717) is 11.6 Å². The Morgan fingerprint density at radius 3 is 2.57 bits per heavy atom. The molecular formula is C22H25N3O4S. The minimum atomic E-state index is -3.27. The van der Waals surface area contributed by atoms with Crippen LogP contribution in [0.5, 0.6) is 11.6 Å². The first-order chi connectivity index (χ1) is 14.2. The summed E-state index contributed by atoms with van der Waals surface area (Å²) in [5.74, 6) is 1.30. The van der Waals surface area contributed by atoms with Gasteiger partial charge in [-0.2, -0.15) is 4.98 Å². The zero-order valence-electron chi connectivity index (χ0n) is 17.0. The number of aromatic nitrogens is 2. The number of carbonyl (C=O) groups is 1. The van der Waals surface area contributed by atoms with Crippen molar-refractivity contribution in [2.24, 2.45) is 5.92 Å². The normalized spacial score (nSPS) is 18.7. The summed E-state index contributed by atoms with van der Waals surface area (Å²) >= 11 is 0. The van der Waals surface area contributed by atoms with Crippen molar-refractivity contribution in [1.82, 2.24) is 15.3 Å². The highest BCUT2D eigenvalue weighted by Crippen LogP contribution is 2.46. The standard InChI is InChI=1S/C22H25N3O4S/c1-22(11-12-22)21-23-14-17(20(25-21)29-16-6-4-3-5-7-16)19(26)24-18(15-8-9-15)10-13-30(2,27)28/h3-7,10,13-15,18H,8-9,11-12H2,1-2H3,(H,24,26)/b13-10+/t18-/m1/s1. The second-order valence-electron chi connectivity index (χ2n) is 8.38. The van der Waals surface area contributed by atoms with Crippen molar-refractivity contribution < 1.29 is 17.9 Å². The van der Waals surface area contributed by atoms with Crippen LogP contribution in [0.25, 0.3) is 0 Å². The van der Waals surface area contributed by atoms with Crippen LogP contribution in [0.4, 0.5) is 0 Å². The first kappa shape index (κ1) is 20.5. The zero-order chi connectivity index (χ0) is 21.4. The number of benzene rings is 1. The second kappa shape index (κ2) is 7.83. The maximum atomic E-state index is 13.0. The molecule has 0 spiro atoms. The highest BCUT2D eigenvalue weighted by atomic mass is 32.2. The molecule has 7 nitrogen and oxygen atoms in total. The van der Waals surface area contributed by atoms with Gasteiger partial charge in [-0.25, -0.2) is 13.4 Å². The molecule has 1 heterocycles. The van der Waals surface area contributed by atoms with Gasteiger partial charge in [0.1, 0.15) is 17.1 Å². The molecule has 1 amide bonds. The summed E-state index contributed by atoms with van der Waals surface area (Å²) in [5.41, 5.74) is 0.156. The van der Waals surface area contributed by atoms with Crippen molar-refractivity contribution in [3.05, 3.63) is 59.4 Å². The van der Waals surface area contributed by atoms with Crippen LogP contribution in [0.15, 0.2) is 48.0 Å². The highest BCUT2D eigenvalue weighted by molar-refractivity contribution is 7.93. The Kier molecular flexibility index (Phi) is 5.36. The van der Waals surface area contributed by atoms with Gasteiger partial charge in [0.05, 0.1) is 6.04 Å². The van der Waals surface area contributed by atoms with Gasteiger partial charge in [0.2, 0.25) is 5.88 Å². The maximum Gasteiger partial charge on any atom is 0.258 e. The molecule has 1 atom stereocenters. The monoisotopic (exact) mass is 427 g/mol. The van der Waals surface area contributed by atoms with Crippen LogP contribution in [-0.2, 0) is 15.3 Å². The van der Waals surface area contributed by atoms with Crippen molar-refractivity contribution in [3.63, 3.8) is 0 Å². The number of sulfone groups is 1. The lowest BCUT2D eigenvalue weighted by atomic mass is 10.1. The first-order valence-electron chi connectivity index (χ1n) is 10.0. The Morgan fingerprint density at radius 2 is 1.97 bits per heavy atom. The fraction of sp³-hybridized carbons (Fsp3) is 0.409. The Labute approximate surface area is 176 Å². The lowest BCUT2D eigenvalue weighted by Gasteiger charge is -2.17. The average Bonchev–Trinajstić information content (AvgIpc) is 3.62. The molecule has 2 aliphatic rings. The molecule has 4 rings (SSSR count). The van der Waals surface area contributed by atoms with Crippen molar-refractivity contribution in [2.75, 3.05) is 6.26 Å². The van der Waals surface area contributed by atoms with Crippen molar-refractivity contribution in [2.45, 2.75) is 44.1 Å². The van der Waals surface area contributed by atoms with E-state index in [1.54, 1.807) is 18.2 Å². The van der Waals surface area contributed by atoms with E-state index in [1.807, 2.05) is 18.2 Å². The Hall–Kier alpha value is -2.74. The summed E-state index contributed by atoms with van der Waals surface area (Å²) in [7, 11) is -3.27. The van der Waals surface area contributed by atoms with Gasteiger partial charge in [-0.1, -0.05) is 31.2 Å². The fourth-order valence-electron chi connectivity index (χ4n) is 3.14. The second-order valence-corrected chi connectivity index (χ2v) is 10.3. The fourth-order valence-corrected chi connectivity index (χ4v) is 3.59. The maximum absolute atomic E-state index is 13.0. The van der Waals surface area contributed by atoms with Crippen LogP contribution < -0.4 is 10.1 Å². The Balaban J connectivity index is 1.61. The third kappa shape index (κ3) is 5.05. The minimum Gasteiger partial charge on any atom is -0.438 e. The van der Waals surface area contributed by atoms with Crippen LogP contribution in [0, 0.1) is 5.92 Å². The summed E-state index contributed by atoms with van der Waals surface area (Å²) in [6, 6.07) is 8.80. The van der Waals surface area contributed by atoms with Crippen molar-refractivity contribution in [3.8, 4) is 11.6 Å². The molecule has 30 heavy (non-hydrogen) atoms. The summed E-state index contributed by atoms with van der Waals surface area (Å²) in [4.78, 5) is 22.0. The lowest BCUT2D eigenvalue weighted by molar-refractivity contribution is 0.0937. The number of amides is 1. The quantitative estimate of drug-likeness (QED) is 0.693. The summed E-state index contributed by atoms with van der Waals surface area (Å²) in [6.45, 7) is 2.09. The molecule has 1 N–H and O–H groups in total. The van der Waals surface area contributed by atoms with Crippen LogP contribution >= 0.6 is 0 Å². The van der Waals surface area contributed by atoms with E-state index in [2.05, 4.69) is 22.2 Å². The number of nitrogens with zero attached hydrogens (tertiary/aromatic N) is 2. The van der Waals surface area contributed by atoms with E-state index < -0.39 is 9.84 Å². The molecule has 0 aliphatic heterocycles. The average molecular weight is 428 g/mol. The number of hydrogen-bond donors (Lipinski definition) is 1. The number of rotatable bonds is 8. The molecule has 1 aromatic heterocycles. The summed E-state index contributed by atoms with van der Waals surface area (Å²) in [6.07, 6.45) is 8.08. The zero-order valence-corrected chi connectivity index (χ0v) is 17.9. The van der Waals surface area contributed by atoms with E-state index in [9.17, 15) is 13.2 Å². The molecule has 2 saturated carbocycles. The Morgan fingerprint density at radius 1 is 1.27 bits per heavy atom. The molecule has 0 saturated heterocycles. The molecule has 0 bridgehead atoms. The third-order valence-corrected chi connectivity index (χ3v) is 6.11. The van der Waals surface area contributed by atoms with Gasteiger partial charge >= 0.3 is 0 Å².